The minimum Gasteiger partial charge on any atom is -0.478 e. The molecule has 2 N–H and O–H groups in total. The standard InChI is InChI=1S/C13H17NO5/c1-9-7-10(13(16)17)3-4-11(9)14-12(15)8-19-6-5-18-2/h3-4,7H,5-6,8H2,1-2H3,(H,14,15)(H,16,17). The molecule has 0 aliphatic rings. The van der Waals surface area contributed by atoms with E-state index in [1.807, 2.05) is 0 Å². The van der Waals surface area contributed by atoms with Crippen LogP contribution in [0.3, 0.4) is 0 Å². The van der Waals surface area contributed by atoms with Crippen LogP contribution in [0.2, 0.25) is 0 Å². The summed E-state index contributed by atoms with van der Waals surface area (Å²) in [5.41, 5.74) is 1.45. The number of carboxylic acids is 1. The first-order valence-electron chi connectivity index (χ1n) is 5.75. The Balaban J connectivity index is 2.52. The fourth-order valence-corrected chi connectivity index (χ4v) is 1.43. The van der Waals surface area contributed by atoms with Crippen LogP contribution in [-0.2, 0) is 14.3 Å². The summed E-state index contributed by atoms with van der Waals surface area (Å²) in [6, 6.07) is 4.51. The number of rotatable bonds is 7. The molecule has 19 heavy (non-hydrogen) atoms. The zero-order chi connectivity index (χ0) is 14.3. The highest BCUT2D eigenvalue weighted by Crippen LogP contribution is 2.16. The lowest BCUT2D eigenvalue weighted by atomic mass is 10.1. The minimum absolute atomic E-state index is 0.0660. The van der Waals surface area contributed by atoms with Crippen LogP contribution in [0, 0.1) is 6.92 Å². The highest BCUT2D eigenvalue weighted by Gasteiger charge is 2.08. The summed E-state index contributed by atoms with van der Waals surface area (Å²) in [4.78, 5) is 22.3. The van der Waals surface area contributed by atoms with Crippen LogP contribution in [0.5, 0.6) is 0 Å². The van der Waals surface area contributed by atoms with Crippen LogP contribution in [0.15, 0.2) is 18.2 Å². The van der Waals surface area contributed by atoms with Crippen molar-refractivity contribution in [1.82, 2.24) is 0 Å². The Hall–Kier alpha value is -1.92. The van der Waals surface area contributed by atoms with Crippen LogP contribution >= 0.6 is 0 Å². The molecule has 1 amide bonds. The minimum atomic E-state index is -0.996. The first kappa shape index (κ1) is 15.1. The van der Waals surface area contributed by atoms with Gasteiger partial charge in [-0.3, -0.25) is 4.79 Å². The first-order chi connectivity index (χ1) is 9.04. The normalized spacial score (nSPS) is 10.2. The first-order valence-corrected chi connectivity index (χ1v) is 5.75. The number of aromatic carboxylic acids is 1. The van der Waals surface area contributed by atoms with Gasteiger partial charge in [-0.05, 0) is 30.7 Å². The fraction of sp³-hybridized carbons (Fsp3) is 0.385. The van der Waals surface area contributed by atoms with E-state index in [0.29, 0.717) is 24.5 Å². The summed E-state index contributed by atoms with van der Waals surface area (Å²) in [6.45, 7) is 2.44. The molecule has 0 bridgehead atoms. The highest BCUT2D eigenvalue weighted by atomic mass is 16.5. The number of anilines is 1. The van der Waals surface area contributed by atoms with Crippen molar-refractivity contribution < 1.29 is 24.2 Å². The quantitative estimate of drug-likeness (QED) is 0.727. The van der Waals surface area contributed by atoms with E-state index in [-0.39, 0.29) is 18.1 Å². The van der Waals surface area contributed by atoms with Crippen LogP contribution in [0.25, 0.3) is 0 Å². The van der Waals surface area contributed by atoms with E-state index >= 15 is 0 Å². The molecule has 0 aromatic heterocycles. The third-order valence-corrected chi connectivity index (χ3v) is 2.41. The molecule has 0 aliphatic carbocycles. The highest BCUT2D eigenvalue weighted by molar-refractivity contribution is 5.94. The van der Waals surface area contributed by atoms with E-state index in [1.54, 1.807) is 20.1 Å². The molecule has 1 rings (SSSR count). The molecule has 0 atom stereocenters. The zero-order valence-corrected chi connectivity index (χ0v) is 10.9. The van der Waals surface area contributed by atoms with Crippen molar-refractivity contribution in [3.8, 4) is 0 Å². The average Bonchev–Trinajstić information content (AvgIpc) is 2.37. The van der Waals surface area contributed by atoms with Crippen LogP contribution < -0.4 is 5.32 Å². The number of hydrogen-bond acceptors (Lipinski definition) is 4. The summed E-state index contributed by atoms with van der Waals surface area (Å²) in [5, 5.41) is 11.5. The lowest BCUT2D eigenvalue weighted by Gasteiger charge is -2.09. The Bertz CT molecular complexity index is 458. The third-order valence-electron chi connectivity index (χ3n) is 2.41. The van der Waals surface area contributed by atoms with Crippen LogP contribution in [0.4, 0.5) is 5.69 Å². The average molecular weight is 267 g/mol. The molecule has 0 radical (unpaired) electrons. The van der Waals surface area contributed by atoms with Gasteiger partial charge >= 0.3 is 5.97 Å². The van der Waals surface area contributed by atoms with Crippen molar-refractivity contribution in [3.05, 3.63) is 29.3 Å². The van der Waals surface area contributed by atoms with Crippen molar-refractivity contribution in [1.29, 1.82) is 0 Å². The molecule has 0 saturated heterocycles. The van der Waals surface area contributed by atoms with E-state index in [2.05, 4.69) is 5.32 Å². The summed E-state index contributed by atoms with van der Waals surface area (Å²) in [7, 11) is 1.55. The van der Waals surface area contributed by atoms with Gasteiger partial charge in [0.2, 0.25) is 5.91 Å². The van der Waals surface area contributed by atoms with Gasteiger partial charge in [0.25, 0.3) is 0 Å². The largest absolute Gasteiger partial charge is 0.478 e. The van der Waals surface area contributed by atoms with E-state index in [0.717, 1.165) is 0 Å². The van der Waals surface area contributed by atoms with Crippen molar-refractivity contribution in [2.45, 2.75) is 6.92 Å². The number of methoxy groups -OCH3 is 1. The predicted octanol–water partition coefficient (Wildman–Crippen LogP) is 1.29. The Labute approximate surface area is 111 Å². The maximum Gasteiger partial charge on any atom is 0.335 e. The van der Waals surface area contributed by atoms with E-state index < -0.39 is 5.97 Å². The topological polar surface area (TPSA) is 84.9 Å². The molecule has 104 valence electrons. The SMILES string of the molecule is COCCOCC(=O)Nc1ccc(C(=O)O)cc1C. The van der Waals surface area contributed by atoms with Gasteiger partial charge < -0.3 is 19.9 Å². The van der Waals surface area contributed by atoms with E-state index in [9.17, 15) is 9.59 Å². The van der Waals surface area contributed by atoms with Gasteiger partial charge in [0, 0.05) is 12.8 Å². The monoisotopic (exact) mass is 267 g/mol. The number of ether oxygens (including phenoxy) is 2. The number of benzene rings is 1. The lowest BCUT2D eigenvalue weighted by molar-refractivity contribution is -0.121. The maximum absolute atomic E-state index is 11.6. The van der Waals surface area contributed by atoms with Crippen molar-refractivity contribution in [2.75, 3.05) is 32.2 Å². The number of carbonyl (C=O) groups excluding carboxylic acids is 1. The molecule has 0 fully saturated rings. The summed E-state index contributed by atoms with van der Waals surface area (Å²) in [6.07, 6.45) is 0. The van der Waals surface area contributed by atoms with E-state index in [1.165, 1.54) is 12.1 Å². The molecule has 0 unspecified atom stereocenters. The number of carboxylic acid groups (broad SMARTS) is 1. The molecular formula is C13H17NO5. The van der Waals surface area contributed by atoms with E-state index in [4.69, 9.17) is 14.6 Å². The molecule has 0 heterocycles. The number of hydrogen-bond donors (Lipinski definition) is 2. The van der Waals surface area contributed by atoms with Crippen molar-refractivity contribution in [2.24, 2.45) is 0 Å². The number of aryl methyl sites for hydroxylation is 1. The number of nitrogens with one attached hydrogen (secondary N) is 1. The molecular weight excluding hydrogens is 250 g/mol. The summed E-state index contributed by atoms with van der Waals surface area (Å²) < 4.78 is 9.86. The van der Waals surface area contributed by atoms with Crippen molar-refractivity contribution >= 4 is 17.6 Å². The Morgan fingerprint density at radius 1 is 1.32 bits per heavy atom. The van der Waals surface area contributed by atoms with Gasteiger partial charge in [-0.15, -0.1) is 0 Å². The van der Waals surface area contributed by atoms with Crippen LogP contribution in [0.1, 0.15) is 15.9 Å². The molecule has 1 aromatic carbocycles. The maximum atomic E-state index is 11.6. The molecule has 6 heteroatoms. The summed E-state index contributed by atoms with van der Waals surface area (Å²) >= 11 is 0. The van der Waals surface area contributed by atoms with Gasteiger partial charge in [0.05, 0.1) is 18.8 Å². The molecule has 0 spiro atoms. The third kappa shape index (κ3) is 5.07. The second-order valence-corrected chi connectivity index (χ2v) is 3.93. The van der Waals surface area contributed by atoms with Gasteiger partial charge in [0.1, 0.15) is 6.61 Å². The smallest absolute Gasteiger partial charge is 0.335 e. The molecule has 6 nitrogen and oxygen atoms in total. The molecule has 0 saturated carbocycles. The second-order valence-electron chi connectivity index (χ2n) is 3.93. The van der Waals surface area contributed by atoms with Crippen LogP contribution in [-0.4, -0.2) is 43.9 Å². The molecule has 1 aromatic rings. The Kier molecular flexibility index (Phi) is 5.98. The molecule has 0 aliphatic heterocycles. The fourth-order valence-electron chi connectivity index (χ4n) is 1.43. The lowest BCUT2D eigenvalue weighted by Crippen LogP contribution is -2.20. The van der Waals surface area contributed by atoms with Crippen molar-refractivity contribution in [3.63, 3.8) is 0 Å². The van der Waals surface area contributed by atoms with Gasteiger partial charge in [-0.2, -0.15) is 0 Å². The Morgan fingerprint density at radius 3 is 2.63 bits per heavy atom. The predicted molar refractivity (Wildman–Crippen MR) is 69.5 cm³/mol. The van der Waals surface area contributed by atoms with Gasteiger partial charge in [-0.1, -0.05) is 0 Å². The number of amides is 1. The van der Waals surface area contributed by atoms with Gasteiger partial charge in [-0.25, -0.2) is 4.79 Å². The summed E-state index contributed by atoms with van der Waals surface area (Å²) in [5.74, 6) is -1.29. The Morgan fingerprint density at radius 2 is 2.05 bits per heavy atom. The zero-order valence-electron chi connectivity index (χ0n) is 10.9. The number of carbonyl (C=O) groups is 2. The second kappa shape index (κ2) is 7.50. The van der Waals surface area contributed by atoms with Gasteiger partial charge in [0.15, 0.2) is 0 Å².